The summed E-state index contributed by atoms with van der Waals surface area (Å²) in [5.74, 6) is 5.72. The van der Waals surface area contributed by atoms with Crippen LogP contribution >= 0.6 is 0 Å². The first kappa shape index (κ1) is 7.53. The van der Waals surface area contributed by atoms with Crippen molar-refractivity contribution in [2.45, 2.75) is 43.8 Å². The summed E-state index contributed by atoms with van der Waals surface area (Å²) in [6, 6.07) is 2.13. The molecule has 2 rings (SSSR count). The van der Waals surface area contributed by atoms with Crippen molar-refractivity contribution in [3.63, 3.8) is 0 Å². The van der Waals surface area contributed by atoms with Gasteiger partial charge in [0.1, 0.15) is 0 Å². The van der Waals surface area contributed by atoms with E-state index in [9.17, 15) is 0 Å². The molecule has 64 valence electrons. The lowest BCUT2D eigenvalue weighted by Crippen LogP contribution is -2.49. The van der Waals surface area contributed by atoms with Crippen LogP contribution in [0.25, 0.3) is 0 Å². The molecule has 11 heavy (non-hydrogen) atoms. The highest BCUT2D eigenvalue weighted by Gasteiger charge is 2.34. The monoisotopic (exact) mass is 155 g/mol. The molecule has 0 aliphatic carbocycles. The lowest BCUT2D eigenvalue weighted by Gasteiger charge is -2.32. The van der Waals surface area contributed by atoms with Gasteiger partial charge in [-0.25, -0.2) is 5.01 Å². The Morgan fingerprint density at radius 1 is 1.27 bits per heavy atom. The first-order chi connectivity index (χ1) is 5.25. The van der Waals surface area contributed by atoms with Gasteiger partial charge in [0.2, 0.25) is 0 Å². The number of hydrogen-bond donors (Lipinski definition) is 2. The zero-order chi connectivity index (χ0) is 7.84. The van der Waals surface area contributed by atoms with Gasteiger partial charge in [0.25, 0.3) is 0 Å². The number of fused-ring (bicyclic) bond motifs is 2. The van der Waals surface area contributed by atoms with Crippen LogP contribution in [-0.2, 0) is 0 Å². The summed E-state index contributed by atoms with van der Waals surface area (Å²) in [6.45, 7) is 0. The number of hydrazine groups is 1. The summed E-state index contributed by atoms with van der Waals surface area (Å²) < 4.78 is 0. The van der Waals surface area contributed by atoms with Crippen LogP contribution in [0.3, 0.4) is 0 Å². The highest BCUT2D eigenvalue weighted by Crippen LogP contribution is 2.27. The van der Waals surface area contributed by atoms with Crippen molar-refractivity contribution in [1.29, 1.82) is 0 Å². The minimum absolute atomic E-state index is 0.619. The lowest BCUT2D eigenvalue weighted by molar-refractivity contribution is 0.175. The summed E-state index contributed by atoms with van der Waals surface area (Å²) in [4.78, 5) is 0. The molecule has 2 fully saturated rings. The number of piperidine rings is 1. The molecule has 0 aromatic rings. The van der Waals surface area contributed by atoms with E-state index in [0.717, 1.165) is 12.1 Å². The van der Waals surface area contributed by atoms with Crippen molar-refractivity contribution >= 4 is 0 Å². The van der Waals surface area contributed by atoms with E-state index >= 15 is 0 Å². The first-order valence-electron chi connectivity index (χ1n) is 4.49. The van der Waals surface area contributed by atoms with Crippen molar-refractivity contribution in [2.75, 3.05) is 7.05 Å². The van der Waals surface area contributed by atoms with Gasteiger partial charge in [0.15, 0.2) is 0 Å². The second-order valence-corrected chi connectivity index (χ2v) is 3.93. The number of nitrogens with zero attached hydrogens (tertiary/aromatic N) is 1. The molecule has 2 bridgehead atoms. The fourth-order valence-electron chi connectivity index (χ4n) is 2.36. The predicted octanol–water partition coefficient (Wildman–Crippen LogP) is 0.0749. The van der Waals surface area contributed by atoms with E-state index in [4.69, 9.17) is 5.84 Å². The second kappa shape index (κ2) is 2.73. The van der Waals surface area contributed by atoms with Gasteiger partial charge in [-0.15, -0.1) is 0 Å². The van der Waals surface area contributed by atoms with Crippen LogP contribution in [0.2, 0.25) is 0 Å². The Morgan fingerprint density at radius 2 is 1.82 bits per heavy atom. The Kier molecular flexibility index (Phi) is 1.87. The van der Waals surface area contributed by atoms with Crippen LogP contribution in [0.15, 0.2) is 0 Å². The highest BCUT2D eigenvalue weighted by atomic mass is 15.4. The molecule has 2 heterocycles. The van der Waals surface area contributed by atoms with E-state index in [1.54, 1.807) is 0 Å². The van der Waals surface area contributed by atoms with E-state index in [0.29, 0.717) is 6.04 Å². The van der Waals surface area contributed by atoms with Gasteiger partial charge >= 0.3 is 0 Å². The van der Waals surface area contributed by atoms with Gasteiger partial charge < -0.3 is 5.32 Å². The van der Waals surface area contributed by atoms with Gasteiger partial charge in [-0.2, -0.15) is 0 Å². The molecule has 3 heteroatoms. The van der Waals surface area contributed by atoms with Crippen molar-refractivity contribution in [2.24, 2.45) is 5.84 Å². The molecule has 2 atom stereocenters. The van der Waals surface area contributed by atoms with Crippen LogP contribution in [0.5, 0.6) is 0 Å². The summed E-state index contributed by atoms with van der Waals surface area (Å²) in [7, 11) is 1.98. The third-order valence-electron chi connectivity index (χ3n) is 3.02. The summed E-state index contributed by atoms with van der Waals surface area (Å²) in [5, 5.41) is 5.47. The zero-order valence-electron chi connectivity index (χ0n) is 7.09. The van der Waals surface area contributed by atoms with Crippen molar-refractivity contribution in [3.05, 3.63) is 0 Å². The molecule has 3 N–H and O–H groups in total. The Hall–Kier alpha value is -0.120. The van der Waals surface area contributed by atoms with Crippen molar-refractivity contribution in [3.8, 4) is 0 Å². The molecule has 0 aromatic heterocycles. The normalized spacial score (nSPS) is 43.4. The maximum absolute atomic E-state index is 5.72. The zero-order valence-corrected chi connectivity index (χ0v) is 7.09. The minimum atomic E-state index is 0.619. The maximum atomic E-state index is 5.72. The van der Waals surface area contributed by atoms with Crippen LogP contribution in [0.4, 0.5) is 0 Å². The molecular formula is C8H17N3. The largest absolute Gasteiger partial charge is 0.311 e. The summed E-state index contributed by atoms with van der Waals surface area (Å²) >= 11 is 0. The lowest BCUT2D eigenvalue weighted by atomic mass is 10.00. The fraction of sp³-hybridized carbons (Fsp3) is 1.00. The van der Waals surface area contributed by atoms with Crippen molar-refractivity contribution < 1.29 is 0 Å². The van der Waals surface area contributed by atoms with E-state index < -0.39 is 0 Å². The topological polar surface area (TPSA) is 41.3 Å². The number of rotatable bonds is 1. The van der Waals surface area contributed by atoms with Gasteiger partial charge in [-0.05, 0) is 25.7 Å². The molecule has 0 spiro atoms. The molecule has 2 aliphatic rings. The Bertz CT molecular complexity index is 134. The van der Waals surface area contributed by atoms with Crippen LogP contribution in [-0.4, -0.2) is 30.2 Å². The minimum Gasteiger partial charge on any atom is -0.311 e. The Labute approximate surface area is 67.9 Å². The molecule has 2 aliphatic heterocycles. The van der Waals surface area contributed by atoms with E-state index in [1.807, 2.05) is 12.1 Å². The smallest absolute Gasteiger partial charge is 0.0267 e. The van der Waals surface area contributed by atoms with E-state index in [-0.39, 0.29) is 0 Å². The Balaban J connectivity index is 1.97. The molecule has 3 nitrogen and oxygen atoms in total. The molecule has 2 unspecified atom stereocenters. The van der Waals surface area contributed by atoms with Gasteiger partial charge in [-0.1, -0.05) is 0 Å². The number of nitrogens with one attached hydrogen (secondary N) is 1. The quantitative estimate of drug-likeness (QED) is 0.416. The summed E-state index contributed by atoms with van der Waals surface area (Å²) in [6.07, 6.45) is 5.19. The van der Waals surface area contributed by atoms with E-state index in [1.165, 1.54) is 25.7 Å². The third kappa shape index (κ3) is 1.41. The average Bonchev–Trinajstić information content (AvgIpc) is 2.30. The molecule has 0 amide bonds. The second-order valence-electron chi connectivity index (χ2n) is 3.93. The fourth-order valence-corrected chi connectivity index (χ4v) is 2.36. The highest BCUT2D eigenvalue weighted by molar-refractivity contribution is 4.94. The third-order valence-corrected chi connectivity index (χ3v) is 3.02. The summed E-state index contributed by atoms with van der Waals surface area (Å²) in [5.41, 5.74) is 0. The van der Waals surface area contributed by atoms with Crippen LogP contribution in [0, 0.1) is 0 Å². The SMILES string of the molecule is CN(N)C1CC2CCC(C1)N2. The van der Waals surface area contributed by atoms with E-state index in [2.05, 4.69) is 5.32 Å². The van der Waals surface area contributed by atoms with Crippen LogP contribution < -0.4 is 11.2 Å². The first-order valence-corrected chi connectivity index (χ1v) is 4.49. The average molecular weight is 155 g/mol. The molecule has 0 aromatic carbocycles. The predicted molar refractivity (Wildman–Crippen MR) is 44.9 cm³/mol. The molecule has 0 saturated carbocycles. The molecule has 2 saturated heterocycles. The molecular weight excluding hydrogens is 138 g/mol. The maximum Gasteiger partial charge on any atom is 0.0267 e. The van der Waals surface area contributed by atoms with Gasteiger partial charge in [0, 0.05) is 25.2 Å². The van der Waals surface area contributed by atoms with Gasteiger partial charge in [0.05, 0.1) is 0 Å². The standard InChI is InChI=1S/C8H17N3/c1-11(9)8-4-6-2-3-7(5-8)10-6/h6-8,10H,2-5,9H2,1H3. The van der Waals surface area contributed by atoms with Crippen molar-refractivity contribution in [1.82, 2.24) is 10.3 Å². The number of hydrogen-bond acceptors (Lipinski definition) is 3. The van der Waals surface area contributed by atoms with Crippen LogP contribution in [0.1, 0.15) is 25.7 Å². The Morgan fingerprint density at radius 3 is 2.27 bits per heavy atom. The van der Waals surface area contributed by atoms with Gasteiger partial charge in [-0.3, -0.25) is 5.84 Å². The number of nitrogens with two attached hydrogens (primary N) is 1. The molecule has 0 radical (unpaired) electrons.